The second-order valence-corrected chi connectivity index (χ2v) is 10.2. The van der Waals surface area contributed by atoms with E-state index in [1.54, 1.807) is 5.38 Å². The van der Waals surface area contributed by atoms with Crippen molar-refractivity contribution in [3.05, 3.63) is 40.8 Å². The van der Waals surface area contributed by atoms with Gasteiger partial charge in [-0.05, 0) is 29.4 Å². The Morgan fingerprint density at radius 3 is 2.28 bits per heavy atom. The van der Waals surface area contributed by atoms with Crippen LogP contribution in [0.1, 0.15) is 49.5 Å². The zero-order valence-electron chi connectivity index (χ0n) is 18.5. The van der Waals surface area contributed by atoms with Gasteiger partial charge in [-0.3, -0.25) is 9.59 Å². The Balaban J connectivity index is 1.64. The van der Waals surface area contributed by atoms with Crippen LogP contribution >= 0.6 is 11.3 Å². The van der Waals surface area contributed by atoms with Crippen LogP contribution in [0.3, 0.4) is 0 Å². The highest BCUT2D eigenvalue weighted by atomic mass is 32.1. The summed E-state index contributed by atoms with van der Waals surface area (Å²) in [6, 6.07) is 7.95. The lowest BCUT2D eigenvalue weighted by molar-refractivity contribution is -0.147. The number of carbonyl (C=O) groups is 3. The van der Waals surface area contributed by atoms with Gasteiger partial charge in [-0.2, -0.15) is 0 Å². The summed E-state index contributed by atoms with van der Waals surface area (Å²) in [5.41, 5.74) is 2.94. The Hall–Kier alpha value is -2.71. The molecule has 0 spiro atoms. The lowest BCUT2D eigenvalue weighted by Gasteiger charge is -2.23. The molecule has 1 aromatic heterocycles. The molecule has 1 amide bonds. The molecule has 0 unspecified atom stereocenters. The number of aliphatic carboxylic acids is 1. The fourth-order valence-electron chi connectivity index (χ4n) is 4.64. The van der Waals surface area contributed by atoms with Crippen LogP contribution in [0, 0.1) is 11.8 Å². The van der Waals surface area contributed by atoms with Crippen LogP contribution in [-0.4, -0.2) is 42.3 Å². The molecule has 4 rings (SSSR count). The number of hydrogen-bond donors (Lipinski definition) is 2. The topological polar surface area (TPSA) is 102 Å². The lowest BCUT2D eigenvalue weighted by Crippen LogP contribution is -2.41. The summed E-state index contributed by atoms with van der Waals surface area (Å²) in [5, 5.41) is 14.6. The minimum absolute atomic E-state index is 0.000902. The standard InChI is InChI=1S/C24H27NO6S/c1-24(2,3)13-7-5-12(6-8-13)14-11-32-21(17(14)23(29)30-4)25-20(26)18-15-9-10-16(31-15)19(18)22(27)28/h5-8,11,15-16,18-19H,9-10H2,1-4H3,(H,25,26)(H,27,28)/t15-,16+,18+,19+/m1/s1. The largest absolute Gasteiger partial charge is 0.481 e. The first-order valence-electron chi connectivity index (χ1n) is 10.6. The molecule has 2 bridgehead atoms. The van der Waals surface area contributed by atoms with E-state index in [4.69, 9.17) is 9.47 Å². The molecule has 0 aliphatic carbocycles. The van der Waals surface area contributed by atoms with Crippen LogP contribution in [0.25, 0.3) is 11.1 Å². The average Bonchev–Trinajstić information content (AvgIpc) is 3.47. The Labute approximate surface area is 190 Å². The van der Waals surface area contributed by atoms with Crippen LogP contribution in [0.5, 0.6) is 0 Å². The van der Waals surface area contributed by atoms with Crippen molar-refractivity contribution in [2.45, 2.75) is 51.2 Å². The molecule has 2 aliphatic rings. The summed E-state index contributed by atoms with van der Waals surface area (Å²) >= 11 is 1.22. The fraction of sp³-hybridized carbons (Fsp3) is 0.458. The monoisotopic (exact) mass is 457 g/mol. The maximum absolute atomic E-state index is 13.1. The number of carboxylic acids is 1. The van der Waals surface area contributed by atoms with Crippen molar-refractivity contribution in [1.82, 2.24) is 0 Å². The van der Waals surface area contributed by atoms with Crippen LogP contribution in [-0.2, 0) is 24.5 Å². The predicted molar refractivity (Wildman–Crippen MR) is 121 cm³/mol. The van der Waals surface area contributed by atoms with E-state index in [0.29, 0.717) is 23.4 Å². The van der Waals surface area contributed by atoms with Crippen molar-refractivity contribution < 1.29 is 29.0 Å². The van der Waals surface area contributed by atoms with E-state index in [-0.39, 0.29) is 11.0 Å². The normalized spacial score (nSPS) is 24.4. The van der Waals surface area contributed by atoms with Gasteiger partial charge in [0, 0.05) is 10.9 Å². The summed E-state index contributed by atoms with van der Waals surface area (Å²) in [6.07, 6.45) is 0.458. The second kappa shape index (κ2) is 8.33. The molecule has 2 aliphatic heterocycles. The Morgan fingerprint density at radius 1 is 1.09 bits per heavy atom. The molecular formula is C24H27NO6S. The van der Waals surface area contributed by atoms with E-state index in [1.807, 2.05) is 24.3 Å². The summed E-state index contributed by atoms with van der Waals surface area (Å²) in [4.78, 5) is 37.5. The number of fused-ring (bicyclic) bond motifs is 2. The Morgan fingerprint density at radius 2 is 1.72 bits per heavy atom. The van der Waals surface area contributed by atoms with Gasteiger partial charge in [-0.15, -0.1) is 11.3 Å². The molecule has 0 saturated carbocycles. The minimum Gasteiger partial charge on any atom is -0.481 e. The van der Waals surface area contributed by atoms with Gasteiger partial charge >= 0.3 is 11.9 Å². The van der Waals surface area contributed by atoms with Crippen LogP contribution in [0.4, 0.5) is 5.00 Å². The average molecular weight is 458 g/mol. The van der Waals surface area contributed by atoms with Gasteiger partial charge in [0.2, 0.25) is 5.91 Å². The number of benzene rings is 1. The molecule has 7 nitrogen and oxygen atoms in total. The van der Waals surface area contributed by atoms with E-state index in [9.17, 15) is 19.5 Å². The van der Waals surface area contributed by atoms with E-state index in [2.05, 4.69) is 26.1 Å². The zero-order valence-corrected chi connectivity index (χ0v) is 19.3. The number of nitrogens with one attached hydrogen (secondary N) is 1. The van der Waals surface area contributed by atoms with Gasteiger partial charge in [0.05, 0.1) is 31.2 Å². The second-order valence-electron chi connectivity index (χ2n) is 9.34. The van der Waals surface area contributed by atoms with Gasteiger partial charge < -0.3 is 19.9 Å². The Kier molecular flexibility index (Phi) is 5.85. The lowest BCUT2D eigenvalue weighted by atomic mass is 9.78. The third kappa shape index (κ3) is 3.93. The third-order valence-corrected chi connectivity index (χ3v) is 7.24. The molecule has 4 atom stereocenters. The molecule has 2 aromatic rings. The maximum atomic E-state index is 13.1. The number of rotatable bonds is 5. The predicted octanol–water partition coefficient (Wildman–Crippen LogP) is 4.32. The zero-order chi connectivity index (χ0) is 23.2. The third-order valence-electron chi connectivity index (χ3n) is 6.34. The molecule has 2 saturated heterocycles. The van der Waals surface area contributed by atoms with Crippen molar-refractivity contribution >= 4 is 34.2 Å². The summed E-state index contributed by atoms with van der Waals surface area (Å²) in [6.45, 7) is 6.39. The van der Waals surface area contributed by atoms with Gasteiger partial charge in [0.1, 0.15) is 10.6 Å². The smallest absolute Gasteiger partial charge is 0.341 e. The number of hydrogen-bond acceptors (Lipinski definition) is 6. The van der Waals surface area contributed by atoms with Crippen LogP contribution < -0.4 is 5.32 Å². The molecule has 2 fully saturated rings. The first kappa shape index (κ1) is 22.5. The molecule has 170 valence electrons. The number of anilines is 1. The van der Waals surface area contributed by atoms with E-state index < -0.39 is 41.9 Å². The molecular weight excluding hydrogens is 430 g/mol. The maximum Gasteiger partial charge on any atom is 0.341 e. The molecule has 3 heterocycles. The molecule has 0 radical (unpaired) electrons. The van der Waals surface area contributed by atoms with Crippen molar-refractivity contribution in [3.8, 4) is 11.1 Å². The number of amides is 1. The molecule has 1 aromatic carbocycles. The highest BCUT2D eigenvalue weighted by Crippen LogP contribution is 2.45. The number of methoxy groups -OCH3 is 1. The van der Waals surface area contributed by atoms with Crippen molar-refractivity contribution in [3.63, 3.8) is 0 Å². The van der Waals surface area contributed by atoms with Gasteiger partial charge in [0.15, 0.2) is 0 Å². The summed E-state index contributed by atoms with van der Waals surface area (Å²) in [7, 11) is 1.29. The SMILES string of the molecule is COC(=O)c1c(-c2ccc(C(C)(C)C)cc2)csc1NC(=O)[C@@H]1[C@@H](C(=O)O)[C@@H]2CC[C@H]1O2. The van der Waals surface area contributed by atoms with E-state index in [1.165, 1.54) is 24.0 Å². The van der Waals surface area contributed by atoms with E-state index >= 15 is 0 Å². The number of carbonyl (C=O) groups excluding carboxylic acids is 2. The molecule has 32 heavy (non-hydrogen) atoms. The fourth-order valence-corrected chi connectivity index (χ4v) is 5.60. The summed E-state index contributed by atoms with van der Waals surface area (Å²) in [5.74, 6) is -3.69. The van der Waals surface area contributed by atoms with Gasteiger partial charge in [-0.1, -0.05) is 45.0 Å². The van der Waals surface area contributed by atoms with E-state index in [0.717, 1.165) is 5.56 Å². The van der Waals surface area contributed by atoms with Gasteiger partial charge in [-0.25, -0.2) is 4.79 Å². The van der Waals surface area contributed by atoms with Crippen molar-refractivity contribution in [2.24, 2.45) is 11.8 Å². The highest BCUT2D eigenvalue weighted by molar-refractivity contribution is 7.15. The van der Waals surface area contributed by atoms with Crippen LogP contribution in [0.15, 0.2) is 29.6 Å². The number of esters is 1. The minimum atomic E-state index is -1.03. The van der Waals surface area contributed by atoms with Crippen molar-refractivity contribution in [2.75, 3.05) is 12.4 Å². The van der Waals surface area contributed by atoms with Gasteiger partial charge in [0.25, 0.3) is 0 Å². The van der Waals surface area contributed by atoms with Crippen molar-refractivity contribution in [1.29, 1.82) is 0 Å². The first-order valence-corrected chi connectivity index (χ1v) is 11.5. The number of ether oxygens (including phenoxy) is 2. The highest BCUT2D eigenvalue weighted by Gasteiger charge is 2.55. The Bertz CT molecular complexity index is 1050. The van der Waals surface area contributed by atoms with Crippen LogP contribution in [0.2, 0.25) is 0 Å². The molecule has 8 heteroatoms. The summed E-state index contributed by atoms with van der Waals surface area (Å²) < 4.78 is 10.7. The quantitative estimate of drug-likeness (QED) is 0.649. The number of thiophene rings is 1. The first-order chi connectivity index (χ1) is 15.1. The molecule has 2 N–H and O–H groups in total. The number of carboxylic acid groups (broad SMARTS) is 1.